The summed E-state index contributed by atoms with van der Waals surface area (Å²) in [5.74, 6) is -2.73. The van der Waals surface area contributed by atoms with E-state index in [-0.39, 0.29) is 17.7 Å². The fraction of sp³-hybridized carbons (Fsp3) is 0.611. The van der Waals surface area contributed by atoms with Crippen LogP contribution < -0.4 is 21.7 Å². The van der Waals surface area contributed by atoms with Crippen LogP contribution in [0.1, 0.15) is 39.6 Å². The Morgan fingerprint density at radius 3 is 2.62 bits per heavy atom. The van der Waals surface area contributed by atoms with E-state index in [4.69, 9.17) is 5.73 Å². The number of amides is 4. The Bertz CT molecular complexity index is 825. The van der Waals surface area contributed by atoms with E-state index in [2.05, 4.69) is 25.8 Å². The van der Waals surface area contributed by atoms with Crippen molar-refractivity contribution in [2.75, 3.05) is 20.6 Å². The second kappa shape index (κ2) is 8.87. The average molecular weight is 423 g/mol. The molecule has 1 aliphatic heterocycles. The van der Waals surface area contributed by atoms with Crippen LogP contribution in [0.5, 0.6) is 0 Å². The molecule has 3 atom stereocenters. The minimum Gasteiger partial charge on any atom is -0.361 e. The molecule has 1 saturated carbocycles. The fourth-order valence-corrected chi connectivity index (χ4v) is 4.93. The fourth-order valence-electron chi connectivity index (χ4n) is 3.84. The highest BCUT2D eigenvalue weighted by Gasteiger charge is 2.36. The molecule has 158 valence electrons. The normalized spacial score (nSPS) is 24.3. The molecular formula is C18H26N6O4S. The van der Waals surface area contributed by atoms with Gasteiger partial charge in [0.2, 0.25) is 5.91 Å². The summed E-state index contributed by atoms with van der Waals surface area (Å²) in [6, 6.07) is -0.994. The lowest BCUT2D eigenvalue weighted by Crippen LogP contribution is -2.57. The summed E-state index contributed by atoms with van der Waals surface area (Å²) in [6.45, 7) is 1.66. The molecule has 0 unspecified atom stereocenters. The minimum absolute atomic E-state index is 0.114. The topological polar surface area (TPSA) is 147 Å². The Morgan fingerprint density at radius 1 is 1.17 bits per heavy atom. The van der Waals surface area contributed by atoms with Crippen molar-refractivity contribution in [3.8, 4) is 0 Å². The first kappa shape index (κ1) is 21.2. The first-order valence-electron chi connectivity index (χ1n) is 9.58. The Morgan fingerprint density at radius 2 is 1.93 bits per heavy atom. The van der Waals surface area contributed by atoms with Crippen molar-refractivity contribution in [2.24, 2.45) is 11.7 Å². The molecule has 10 nitrogen and oxygen atoms in total. The van der Waals surface area contributed by atoms with E-state index in [0.29, 0.717) is 24.3 Å². The van der Waals surface area contributed by atoms with Crippen molar-refractivity contribution in [1.29, 1.82) is 0 Å². The first-order valence-corrected chi connectivity index (χ1v) is 10.4. The van der Waals surface area contributed by atoms with E-state index >= 15 is 0 Å². The average Bonchev–Trinajstić information content (AvgIpc) is 3.11. The molecule has 1 aromatic heterocycles. The number of aromatic nitrogens is 1. The molecule has 1 fully saturated rings. The number of likely N-dealkylation sites (N-methyl/N-ethyl adjacent to an activating group) is 1. The lowest BCUT2D eigenvalue weighted by molar-refractivity contribution is -0.138. The summed E-state index contributed by atoms with van der Waals surface area (Å²) in [4.78, 5) is 55.5. The van der Waals surface area contributed by atoms with E-state index in [9.17, 15) is 19.2 Å². The zero-order chi connectivity index (χ0) is 21.1. The molecule has 0 saturated heterocycles. The number of hydrogen-bond donors (Lipinski definition) is 4. The van der Waals surface area contributed by atoms with Crippen LogP contribution >= 0.6 is 11.3 Å². The number of primary amides is 1. The van der Waals surface area contributed by atoms with Gasteiger partial charge in [-0.25, -0.2) is 4.98 Å². The number of nitrogens with two attached hydrogens (primary N) is 1. The zero-order valence-corrected chi connectivity index (χ0v) is 17.3. The van der Waals surface area contributed by atoms with Gasteiger partial charge in [0.05, 0.1) is 11.7 Å². The van der Waals surface area contributed by atoms with Crippen molar-refractivity contribution in [3.63, 3.8) is 0 Å². The summed E-state index contributed by atoms with van der Waals surface area (Å²) in [5, 5.41) is 8.47. The smallest absolute Gasteiger partial charge is 0.309 e. The SMILES string of the molecule is CNC(=O)[C@H]1CC[C@H](NC(=O)C(N)=O)[C@H](NC(=O)c2nc3c(s2)CN(C)CC3)C1. The molecular weight excluding hydrogens is 396 g/mol. The molecule has 2 aliphatic rings. The number of hydrogen-bond acceptors (Lipinski definition) is 7. The summed E-state index contributed by atoms with van der Waals surface area (Å²) in [7, 11) is 3.59. The van der Waals surface area contributed by atoms with Crippen LogP contribution in [0.15, 0.2) is 0 Å². The standard InChI is InChI=1S/C18H26N6O4S/c1-20-15(26)9-3-4-10(21-16(27)14(19)25)12(7-9)22-17(28)18-23-11-5-6-24(2)8-13(11)29-18/h9-10,12H,3-8H2,1-2H3,(H2,19,25)(H,20,26)(H,21,27)(H,22,28)/t9-,10-,12+/m0/s1. The molecule has 1 aromatic rings. The van der Waals surface area contributed by atoms with Gasteiger partial charge >= 0.3 is 11.8 Å². The lowest BCUT2D eigenvalue weighted by Gasteiger charge is -2.35. The third kappa shape index (κ3) is 4.91. The quantitative estimate of drug-likeness (QED) is 0.446. The highest BCUT2D eigenvalue weighted by Crippen LogP contribution is 2.27. The molecule has 0 aromatic carbocycles. The molecule has 5 N–H and O–H groups in total. The molecule has 0 radical (unpaired) electrons. The lowest BCUT2D eigenvalue weighted by atomic mass is 9.81. The number of nitrogens with one attached hydrogen (secondary N) is 3. The van der Waals surface area contributed by atoms with E-state index in [1.807, 2.05) is 7.05 Å². The molecule has 3 rings (SSSR count). The van der Waals surface area contributed by atoms with Gasteiger partial charge in [-0.15, -0.1) is 11.3 Å². The van der Waals surface area contributed by atoms with Crippen molar-refractivity contribution < 1.29 is 19.2 Å². The van der Waals surface area contributed by atoms with Gasteiger partial charge in [0.1, 0.15) is 0 Å². The molecule has 2 heterocycles. The van der Waals surface area contributed by atoms with Crippen LogP contribution in [0.25, 0.3) is 0 Å². The van der Waals surface area contributed by atoms with Crippen molar-refractivity contribution in [2.45, 2.75) is 44.3 Å². The predicted octanol–water partition coefficient (Wildman–Crippen LogP) is -1.25. The second-order valence-electron chi connectivity index (χ2n) is 7.53. The largest absolute Gasteiger partial charge is 0.361 e. The number of nitrogens with zero attached hydrogens (tertiary/aromatic N) is 2. The Balaban J connectivity index is 1.73. The monoisotopic (exact) mass is 422 g/mol. The van der Waals surface area contributed by atoms with Crippen molar-refractivity contribution >= 4 is 35.0 Å². The molecule has 1 aliphatic carbocycles. The van der Waals surface area contributed by atoms with Crippen molar-refractivity contribution in [1.82, 2.24) is 25.8 Å². The Kier molecular flexibility index (Phi) is 6.48. The maximum atomic E-state index is 12.8. The molecule has 0 bridgehead atoms. The van der Waals surface area contributed by atoms with Gasteiger partial charge in [0.25, 0.3) is 5.91 Å². The van der Waals surface area contributed by atoms with Crippen LogP contribution in [-0.2, 0) is 27.3 Å². The number of rotatable bonds is 4. The van der Waals surface area contributed by atoms with Gasteiger partial charge in [-0.05, 0) is 26.3 Å². The highest BCUT2D eigenvalue weighted by atomic mass is 32.1. The summed E-state index contributed by atoms with van der Waals surface area (Å²) in [6.07, 6.45) is 2.13. The summed E-state index contributed by atoms with van der Waals surface area (Å²) < 4.78 is 0. The van der Waals surface area contributed by atoms with Gasteiger partial charge in [-0.1, -0.05) is 0 Å². The second-order valence-corrected chi connectivity index (χ2v) is 8.61. The summed E-state index contributed by atoms with van der Waals surface area (Å²) >= 11 is 1.36. The van der Waals surface area contributed by atoms with Crippen LogP contribution in [0.4, 0.5) is 0 Å². The van der Waals surface area contributed by atoms with E-state index in [0.717, 1.165) is 30.1 Å². The first-order chi connectivity index (χ1) is 13.8. The molecule has 0 spiro atoms. The van der Waals surface area contributed by atoms with Gasteiger partial charge in [0.15, 0.2) is 5.01 Å². The van der Waals surface area contributed by atoms with Gasteiger partial charge in [0, 0.05) is 43.4 Å². The van der Waals surface area contributed by atoms with E-state index < -0.39 is 23.9 Å². The van der Waals surface area contributed by atoms with Gasteiger partial charge < -0.3 is 26.6 Å². The third-order valence-electron chi connectivity index (χ3n) is 5.44. The predicted molar refractivity (Wildman–Crippen MR) is 106 cm³/mol. The number of carbonyl (C=O) groups excluding carboxylic acids is 4. The maximum absolute atomic E-state index is 12.8. The third-order valence-corrected chi connectivity index (χ3v) is 6.52. The van der Waals surface area contributed by atoms with E-state index in [1.165, 1.54) is 11.3 Å². The summed E-state index contributed by atoms with van der Waals surface area (Å²) in [5.41, 5.74) is 5.99. The number of thiazole rings is 1. The maximum Gasteiger partial charge on any atom is 0.309 e. The minimum atomic E-state index is -1.08. The van der Waals surface area contributed by atoms with Crippen LogP contribution in [-0.4, -0.2) is 66.2 Å². The Labute approximate surface area is 172 Å². The van der Waals surface area contributed by atoms with Gasteiger partial charge in [-0.3, -0.25) is 19.2 Å². The van der Waals surface area contributed by atoms with Crippen molar-refractivity contribution in [3.05, 3.63) is 15.6 Å². The molecule has 4 amide bonds. The van der Waals surface area contributed by atoms with Crippen LogP contribution in [0.2, 0.25) is 0 Å². The molecule has 29 heavy (non-hydrogen) atoms. The number of fused-ring (bicyclic) bond motifs is 1. The number of carbonyl (C=O) groups is 4. The van der Waals surface area contributed by atoms with Crippen LogP contribution in [0, 0.1) is 5.92 Å². The van der Waals surface area contributed by atoms with E-state index in [1.54, 1.807) is 7.05 Å². The molecule has 11 heteroatoms. The van der Waals surface area contributed by atoms with Crippen LogP contribution in [0.3, 0.4) is 0 Å². The van der Waals surface area contributed by atoms with Gasteiger partial charge in [-0.2, -0.15) is 0 Å². The zero-order valence-electron chi connectivity index (χ0n) is 16.5. The highest BCUT2D eigenvalue weighted by molar-refractivity contribution is 7.13. The Hall–Kier alpha value is -2.53.